The predicted molar refractivity (Wildman–Crippen MR) is 155 cm³/mol. The van der Waals surface area contributed by atoms with Crippen LogP contribution in [0.15, 0.2) is 24.3 Å². The second kappa shape index (κ2) is 12.2. The van der Waals surface area contributed by atoms with Crippen LogP contribution in [0, 0.1) is 25.7 Å². The van der Waals surface area contributed by atoms with Gasteiger partial charge >= 0.3 is 29.6 Å². The summed E-state index contributed by atoms with van der Waals surface area (Å²) in [5.74, 6) is 2.91. The Labute approximate surface area is 256 Å². The summed E-state index contributed by atoms with van der Waals surface area (Å²) in [4.78, 5) is 5.11. The van der Waals surface area contributed by atoms with E-state index in [0.717, 1.165) is 30.9 Å². The topological polar surface area (TPSA) is 24.9 Å². The van der Waals surface area contributed by atoms with Crippen molar-refractivity contribution in [3.63, 3.8) is 0 Å². The van der Waals surface area contributed by atoms with Crippen molar-refractivity contribution in [1.82, 2.24) is 9.80 Å². The van der Waals surface area contributed by atoms with Crippen molar-refractivity contribution in [3.05, 3.63) is 57.6 Å². The molecule has 2 aromatic rings. The Kier molecular flexibility index (Phi) is 9.62. The monoisotopic (exact) mass is 547 g/mol. The van der Waals surface area contributed by atoms with Gasteiger partial charge in [-0.3, -0.25) is 4.90 Å². The van der Waals surface area contributed by atoms with Crippen molar-refractivity contribution < 1.29 is 39.0 Å². The van der Waals surface area contributed by atoms with Crippen molar-refractivity contribution in [3.8, 4) is 11.5 Å². The number of methoxy groups -OCH3 is 2. The molecule has 0 saturated carbocycles. The Morgan fingerprint density at radius 3 is 2.27 bits per heavy atom. The van der Waals surface area contributed by atoms with Crippen LogP contribution in [0.3, 0.4) is 0 Å². The Balaban J connectivity index is 0.00000320. The van der Waals surface area contributed by atoms with E-state index in [4.69, 9.17) is 21.7 Å². The van der Waals surface area contributed by atoms with E-state index in [1.807, 2.05) is 0 Å². The third-order valence-electron chi connectivity index (χ3n) is 9.18. The van der Waals surface area contributed by atoms with Crippen molar-refractivity contribution >= 4 is 29.2 Å². The van der Waals surface area contributed by atoms with Crippen LogP contribution in [-0.2, 0) is 12.8 Å². The first-order valence-corrected chi connectivity index (χ1v) is 14.3. The number of aryl methyl sites for hydroxylation is 2. The molecular weight excluding hydrogens is 507 g/mol. The van der Waals surface area contributed by atoms with Gasteiger partial charge in [0, 0.05) is 25.7 Å². The van der Waals surface area contributed by atoms with Crippen LogP contribution in [0.4, 0.5) is 0 Å². The van der Waals surface area contributed by atoms with Crippen LogP contribution >= 0.6 is 24.8 Å². The fourth-order valence-corrected chi connectivity index (χ4v) is 7.47. The SMILES string of the molecule is CCC1CN2CCc3cc(C)c(C)cc3C2CC1CC1c2cc(OC)c(OC)cc2CCN1C(=S)S.[Na+]. The van der Waals surface area contributed by atoms with Crippen LogP contribution in [0.2, 0.25) is 0 Å². The maximum atomic E-state index is 5.71. The molecule has 1 saturated heterocycles. The smallest absolute Gasteiger partial charge is 0.493 e. The normalized spacial score (nSPS) is 24.9. The van der Waals surface area contributed by atoms with Gasteiger partial charge in [0.2, 0.25) is 0 Å². The van der Waals surface area contributed by atoms with Crippen LogP contribution in [0.1, 0.15) is 71.7 Å². The molecule has 0 radical (unpaired) electrons. The molecule has 0 amide bonds. The zero-order chi connectivity index (χ0) is 25.6. The second-order valence-corrected chi connectivity index (χ2v) is 12.1. The minimum atomic E-state index is 0. The molecule has 4 nitrogen and oxygen atoms in total. The summed E-state index contributed by atoms with van der Waals surface area (Å²) in [5.41, 5.74) is 8.63. The third kappa shape index (κ3) is 5.62. The molecule has 37 heavy (non-hydrogen) atoms. The van der Waals surface area contributed by atoms with Crippen LogP contribution in [-0.4, -0.2) is 48.0 Å². The van der Waals surface area contributed by atoms with E-state index in [-0.39, 0.29) is 35.6 Å². The predicted octanol–water partition coefficient (Wildman–Crippen LogP) is 3.47. The molecule has 4 unspecified atom stereocenters. The van der Waals surface area contributed by atoms with Crippen molar-refractivity contribution in [2.45, 2.75) is 65.0 Å². The van der Waals surface area contributed by atoms with E-state index < -0.39 is 0 Å². The zero-order valence-electron chi connectivity index (χ0n) is 23.3. The van der Waals surface area contributed by atoms with Gasteiger partial charge in [0.25, 0.3) is 0 Å². The largest absolute Gasteiger partial charge is 1.00 e. The zero-order valence-corrected chi connectivity index (χ0v) is 27.1. The molecule has 0 aromatic heterocycles. The molecule has 3 heterocycles. The minimum Gasteiger partial charge on any atom is -0.493 e. The van der Waals surface area contributed by atoms with Gasteiger partial charge in [-0.15, -0.1) is 12.6 Å². The number of thiocarbonyl (C=S) groups is 1. The molecule has 3 aliphatic rings. The first kappa shape index (κ1) is 29.2. The number of benzene rings is 2. The molecule has 0 bridgehead atoms. The van der Waals surface area contributed by atoms with Crippen molar-refractivity contribution in [2.75, 3.05) is 33.9 Å². The van der Waals surface area contributed by atoms with E-state index in [9.17, 15) is 0 Å². The molecule has 3 aliphatic heterocycles. The molecule has 5 rings (SSSR count). The molecular formula is C30H40N2NaO2S2+. The first-order valence-electron chi connectivity index (χ1n) is 13.4. The Hall–Kier alpha value is -0.760. The number of hydrogen-bond acceptors (Lipinski definition) is 4. The number of thiol groups is 1. The number of nitrogens with zero attached hydrogens (tertiary/aromatic N) is 2. The average molecular weight is 548 g/mol. The molecule has 194 valence electrons. The summed E-state index contributed by atoms with van der Waals surface area (Å²) in [6.07, 6.45) is 5.63. The molecule has 1 fully saturated rings. The fraction of sp³-hybridized carbons (Fsp3) is 0.567. The molecule has 7 heteroatoms. The molecule has 0 aliphatic carbocycles. The quantitative estimate of drug-likeness (QED) is 0.351. The van der Waals surface area contributed by atoms with E-state index in [2.05, 4.69) is 67.5 Å². The van der Waals surface area contributed by atoms with Gasteiger partial charge in [-0.25, -0.2) is 0 Å². The molecule has 0 spiro atoms. The Bertz CT molecular complexity index is 1160. The Morgan fingerprint density at radius 2 is 1.59 bits per heavy atom. The number of ether oxygens (including phenoxy) is 2. The minimum absolute atomic E-state index is 0. The third-order valence-corrected chi connectivity index (χ3v) is 9.68. The standard InChI is InChI=1S/C30H40N2O2S2.Na/c1-6-20-17-31-9-7-21-11-18(2)19(3)12-24(21)26(31)13-23(20)14-27-25-16-29(34-5)28(33-4)15-22(25)8-10-32(27)30(35)36;/h11-12,15-16,20,23,26-27H,6-10,13-14,17H2,1-5H3,(H,35,36);/q;+1. The number of rotatable bonds is 5. The average Bonchev–Trinajstić information content (AvgIpc) is 2.88. The van der Waals surface area contributed by atoms with Gasteiger partial charge in [0.15, 0.2) is 11.5 Å². The van der Waals surface area contributed by atoms with Crippen molar-refractivity contribution in [2.24, 2.45) is 11.8 Å². The number of hydrogen-bond donors (Lipinski definition) is 1. The maximum absolute atomic E-state index is 5.71. The fourth-order valence-electron chi connectivity index (χ4n) is 7.01. The van der Waals surface area contributed by atoms with Crippen LogP contribution in [0.25, 0.3) is 0 Å². The summed E-state index contributed by atoms with van der Waals surface area (Å²) in [5, 5.41) is 0. The summed E-state index contributed by atoms with van der Waals surface area (Å²) in [6.45, 7) is 10.1. The van der Waals surface area contributed by atoms with E-state index in [0.29, 0.717) is 22.2 Å². The van der Waals surface area contributed by atoms with Gasteiger partial charge < -0.3 is 14.4 Å². The first-order chi connectivity index (χ1) is 17.3. The van der Waals surface area contributed by atoms with Gasteiger partial charge in [-0.2, -0.15) is 0 Å². The van der Waals surface area contributed by atoms with Crippen molar-refractivity contribution in [1.29, 1.82) is 0 Å². The summed E-state index contributed by atoms with van der Waals surface area (Å²) in [6, 6.07) is 10.0. The van der Waals surface area contributed by atoms with Gasteiger partial charge in [0.05, 0.1) is 20.3 Å². The number of fused-ring (bicyclic) bond motifs is 4. The van der Waals surface area contributed by atoms with Gasteiger partial charge in [0.1, 0.15) is 4.32 Å². The van der Waals surface area contributed by atoms with Gasteiger partial charge in [-0.05, 0) is 96.9 Å². The molecule has 4 atom stereocenters. The Morgan fingerprint density at radius 1 is 0.946 bits per heavy atom. The van der Waals surface area contributed by atoms with E-state index in [1.54, 1.807) is 25.3 Å². The number of piperidine rings is 1. The van der Waals surface area contributed by atoms with Crippen LogP contribution < -0.4 is 39.0 Å². The van der Waals surface area contributed by atoms with Gasteiger partial charge in [-0.1, -0.05) is 37.7 Å². The maximum Gasteiger partial charge on any atom is 1.00 e. The molecule has 0 N–H and O–H groups in total. The van der Waals surface area contributed by atoms with Crippen LogP contribution in [0.5, 0.6) is 11.5 Å². The summed E-state index contributed by atoms with van der Waals surface area (Å²) in [7, 11) is 3.43. The molecule has 2 aromatic carbocycles. The summed E-state index contributed by atoms with van der Waals surface area (Å²) >= 11 is 10.3. The van der Waals surface area contributed by atoms with E-state index >= 15 is 0 Å². The summed E-state index contributed by atoms with van der Waals surface area (Å²) < 4.78 is 12.0. The van der Waals surface area contributed by atoms with E-state index in [1.165, 1.54) is 54.6 Å². The second-order valence-electron chi connectivity index (χ2n) is 10.9.